The zero-order valence-corrected chi connectivity index (χ0v) is 19.0. The van der Waals surface area contributed by atoms with E-state index < -0.39 is 5.25 Å². The number of thioether (sulfide) groups is 1. The van der Waals surface area contributed by atoms with E-state index in [1.54, 1.807) is 55.8 Å². The Morgan fingerprint density at radius 3 is 2.44 bits per heavy atom. The number of aromatic nitrogens is 3. The monoisotopic (exact) mass is 470 g/mol. The maximum atomic E-state index is 12.8. The lowest BCUT2D eigenvalue weighted by atomic mass is 10.2. The van der Waals surface area contributed by atoms with Crippen molar-refractivity contribution in [2.24, 2.45) is 0 Å². The summed E-state index contributed by atoms with van der Waals surface area (Å²) in [5.41, 5.74) is 2.29. The third-order valence-electron chi connectivity index (χ3n) is 4.57. The number of anilines is 1. The fourth-order valence-electron chi connectivity index (χ4n) is 2.90. The Morgan fingerprint density at radius 2 is 1.81 bits per heavy atom. The minimum Gasteiger partial charge on any atom is -0.495 e. The first-order valence-corrected chi connectivity index (χ1v) is 10.9. The predicted octanol–water partition coefficient (Wildman–Crippen LogP) is 5.48. The van der Waals surface area contributed by atoms with E-state index in [1.807, 2.05) is 6.92 Å². The summed E-state index contributed by atoms with van der Waals surface area (Å²) in [6.07, 6.45) is 3.10. The van der Waals surface area contributed by atoms with E-state index in [9.17, 15) is 4.79 Å². The van der Waals surface area contributed by atoms with Crippen LogP contribution in [0.25, 0.3) is 22.9 Å². The molecule has 1 atom stereocenters. The molecule has 0 aliphatic carbocycles. The number of furan rings is 2. The summed E-state index contributed by atoms with van der Waals surface area (Å²) < 4.78 is 16.3. The second kappa shape index (κ2) is 9.46. The van der Waals surface area contributed by atoms with E-state index in [4.69, 9.17) is 25.2 Å². The van der Waals surface area contributed by atoms with E-state index in [0.717, 1.165) is 5.56 Å². The summed E-state index contributed by atoms with van der Waals surface area (Å²) in [5, 5.41) is 11.7. The van der Waals surface area contributed by atoms with Gasteiger partial charge in [0.1, 0.15) is 11.4 Å². The zero-order chi connectivity index (χ0) is 22.7. The Hall–Kier alpha value is -3.30. The molecule has 0 aliphatic heterocycles. The van der Waals surface area contributed by atoms with Crippen LogP contribution >= 0.6 is 23.4 Å². The Kier molecular flexibility index (Phi) is 6.48. The van der Waals surface area contributed by atoms with Gasteiger partial charge in [0.05, 0.1) is 30.6 Å². The van der Waals surface area contributed by atoms with Crippen LogP contribution in [0.5, 0.6) is 5.75 Å². The molecule has 8 nitrogen and oxygen atoms in total. The second-order valence-corrected chi connectivity index (χ2v) is 8.51. The van der Waals surface area contributed by atoms with Crippen molar-refractivity contribution in [1.29, 1.82) is 0 Å². The number of hydrogen-bond acceptors (Lipinski definition) is 8. The molecular weight excluding hydrogens is 452 g/mol. The molecule has 0 spiro atoms. The quantitative estimate of drug-likeness (QED) is 0.354. The number of carbonyl (C=O) groups is 1. The number of ether oxygens (including phenoxy) is 1. The molecule has 0 bridgehead atoms. The number of nitrogens with one attached hydrogen (secondary N) is 1. The van der Waals surface area contributed by atoms with Crippen molar-refractivity contribution < 1.29 is 18.4 Å². The number of halogens is 1. The molecule has 164 valence electrons. The number of aryl methyl sites for hydroxylation is 1. The number of benzene rings is 1. The topological polar surface area (TPSA) is 103 Å². The highest BCUT2D eigenvalue weighted by Gasteiger charge is 2.22. The predicted molar refractivity (Wildman–Crippen MR) is 122 cm³/mol. The van der Waals surface area contributed by atoms with Crippen LogP contribution in [-0.2, 0) is 4.79 Å². The average Bonchev–Trinajstić information content (AvgIpc) is 3.50. The highest BCUT2D eigenvalue weighted by molar-refractivity contribution is 8.00. The fraction of sp³-hybridized carbons (Fsp3) is 0.182. The second-order valence-electron chi connectivity index (χ2n) is 6.80. The molecule has 3 heterocycles. The minimum absolute atomic E-state index is 0.242. The SMILES string of the molecule is COc1cc(Cl)c(C)cc1NC(=O)C(C)Sc1nnc(-c2ccco2)c(-c2ccco2)n1. The van der Waals surface area contributed by atoms with E-state index in [1.165, 1.54) is 18.9 Å². The summed E-state index contributed by atoms with van der Waals surface area (Å²) in [7, 11) is 1.52. The van der Waals surface area contributed by atoms with Gasteiger partial charge in [0.15, 0.2) is 17.2 Å². The van der Waals surface area contributed by atoms with Crippen molar-refractivity contribution in [3.8, 4) is 28.7 Å². The number of nitrogens with zero attached hydrogens (tertiary/aromatic N) is 3. The van der Waals surface area contributed by atoms with E-state index in [0.29, 0.717) is 44.5 Å². The van der Waals surface area contributed by atoms with Crippen LogP contribution in [0.1, 0.15) is 12.5 Å². The molecule has 0 radical (unpaired) electrons. The maximum Gasteiger partial charge on any atom is 0.237 e. The molecule has 1 aromatic carbocycles. The summed E-state index contributed by atoms with van der Waals surface area (Å²) in [5.74, 6) is 1.27. The minimum atomic E-state index is -0.517. The van der Waals surface area contributed by atoms with Gasteiger partial charge in [0.25, 0.3) is 0 Å². The van der Waals surface area contributed by atoms with Crippen LogP contribution < -0.4 is 10.1 Å². The highest BCUT2D eigenvalue weighted by atomic mass is 35.5. The molecule has 0 fully saturated rings. The molecule has 4 rings (SSSR count). The molecule has 1 unspecified atom stereocenters. The Labute approximate surface area is 193 Å². The van der Waals surface area contributed by atoms with Gasteiger partial charge < -0.3 is 18.9 Å². The molecule has 3 aromatic heterocycles. The summed E-state index contributed by atoms with van der Waals surface area (Å²) in [6, 6.07) is 10.5. The lowest BCUT2D eigenvalue weighted by Gasteiger charge is -2.15. The first-order valence-electron chi connectivity index (χ1n) is 9.60. The van der Waals surface area contributed by atoms with Crippen LogP contribution in [0.2, 0.25) is 5.02 Å². The molecule has 4 aromatic rings. The first kappa shape index (κ1) is 21.9. The third-order valence-corrected chi connectivity index (χ3v) is 5.93. The average molecular weight is 471 g/mol. The van der Waals surface area contributed by atoms with E-state index in [2.05, 4.69) is 20.5 Å². The van der Waals surface area contributed by atoms with Crippen molar-refractivity contribution in [1.82, 2.24) is 15.2 Å². The standard InChI is InChI=1S/C22H19ClN4O4S/c1-12-10-15(18(29-3)11-14(12)23)24-21(28)13(2)32-22-25-19(16-6-4-8-30-16)20(26-27-22)17-7-5-9-31-17/h4-11,13H,1-3H3,(H,24,28). The van der Waals surface area contributed by atoms with E-state index >= 15 is 0 Å². The van der Waals surface area contributed by atoms with Crippen LogP contribution in [0.4, 0.5) is 5.69 Å². The Morgan fingerprint density at radius 1 is 1.12 bits per heavy atom. The van der Waals surface area contributed by atoms with Gasteiger partial charge in [-0.1, -0.05) is 23.4 Å². The molecule has 32 heavy (non-hydrogen) atoms. The van der Waals surface area contributed by atoms with E-state index in [-0.39, 0.29) is 5.91 Å². The molecule has 0 saturated carbocycles. The summed E-state index contributed by atoms with van der Waals surface area (Å²) >= 11 is 7.32. The van der Waals surface area contributed by atoms with Crippen molar-refractivity contribution >= 4 is 35.0 Å². The third kappa shape index (κ3) is 4.63. The van der Waals surface area contributed by atoms with Crippen molar-refractivity contribution in [3.63, 3.8) is 0 Å². The van der Waals surface area contributed by atoms with Crippen LogP contribution in [0, 0.1) is 6.92 Å². The maximum absolute atomic E-state index is 12.8. The Bertz CT molecular complexity index is 1230. The number of rotatable bonds is 7. The summed E-state index contributed by atoms with van der Waals surface area (Å²) in [4.78, 5) is 17.4. The molecule has 10 heteroatoms. The molecular formula is C22H19ClN4O4S. The highest BCUT2D eigenvalue weighted by Crippen LogP contribution is 2.33. The lowest BCUT2D eigenvalue weighted by Crippen LogP contribution is -2.23. The number of hydrogen-bond donors (Lipinski definition) is 1. The molecule has 1 N–H and O–H groups in total. The van der Waals surface area contributed by atoms with Gasteiger partial charge in [-0.05, 0) is 49.7 Å². The van der Waals surface area contributed by atoms with Gasteiger partial charge >= 0.3 is 0 Å². The van der Waals surface area contributed by atoms with Crippen LogP contribution in [-0.4, -0.2) is 33.4 Å². The van der Waals surface area contributed by atoms with Crippen LogP contribution in [0.15, 0.2) is 62.9 Å². The van der Waals surface area contributed by atoms with Gasteiger partial charge in [0.2, 0.25) is 11.1 Å². The zero-order valence-electron chi connectivity index (χ0n) is 17.5. The fourth-order valence-corrected chi connectivity index (χ4v) is 3.77. The normalized spacial score (nSPS) is 11.9. The first-order chi connectivity index (χ1) is 15.5. The molecule has 0 aliphatic rings. The number of carbonyl (C=O) groups excluding carboxylic acids is 1. The summed E-state index contributed by atoms with van der Waals surface area (Å²) in [6.45, 7) is 3.61. The van der Waals surface area contributed by atoms with Gasteiger partial charge in [0, 0.05) is 11.1 Å². The smallest absolute Gasteiger partial charge is 0.237 e. The van der Waals surface area contributed by atoms with Gasteiger partial charge in [-0.3, -0.25) is 4.79 Å². The number of methoxy groups -OCH3 is 1. The van der Waals surface area contributed by atoms with Gasteiger partial charge in [-0.2, -0.15) is 0 Å². The van der Waals surface area contributed by atoms with Gasteiger partial charge in [-0.15, -0.1) is 10.2 Å². The van der Waals surface area contributed by atoms with Crippen LogP contribution in [0.3, 0.4) is 0 Å². The molecule has 1 amide bonds. The molecule has 0 saturated heterocycles. The van der Waals surface area contributed by atoms with Crippen molar-refractivity contribution in [2.45, 2.75) is 24.3 Å². The number of amides is 1. The van der Waals surface area contributed by atoms with Crippen molar-refractivity contribution in [3.05, 3.63) is 59.5 Å². The van der Waals surface area contributed by atoms with Crippen molar-refractivity contribution in [2.75, 3.05) is 12.4 Å². The largest absolute Gasteiger partial charge is 0.495 e. The lowest BCUT2D eigenvalue weighted by molar-refractivity contribution is -0.115. The Balaban J connectivity index is 1.56. The van der Waals surface area contributed by atoms with Gasteiger partial charge in [-0.25, -0.2) is 4.98 Å².